The molecule has 56 valence electrons. The van der Waals surface area contributed by atoms with E-state index in [1.807, 2.05) is 30.3 Å². The summed E-state index contributed by atoms with van der Waals surface area (Å²) >= 11 is 0. The van der Waals surface area contributed by atoms with Crippen LogP contribution in [0.1, 0.15) is 1.43 Å². The van der Waals surface area contributed by atoms with E-state index in [9.17, 15) is 4.79 Å². The van der Waals surface area contributed by atoms with Gasteiger partial charge in [-0.25, -0.2) is 0 Å². The molecular weight excluding hydrogens is 161 g/mol. The van der Waals surface area contributed by atoms with E-state index in [-0.39, 0.29) is 36.5 Å². The summed E-state index contributed by atoms with van der Waals surface area (Å²) in [5, 5.41) is 1.06. The number of rotatable bonds is 0. The molecule has 2 aromatic rings. The van der Waals surface area contributed by atoms with Crippen molar-refractivity contribution in [3.05, 3.63) is 46.8 Å². The molecule has 2 nitrogen and oxygen atoms in total. The maximum absolute atomic E-state index is 10.8. The number of benzene rings is 1. The Morgan fingerprint density at radius 3 is 2.67 bits per heavy atom. The minimum atomic E-state index is -0.0521. The minimum Gasteiger partial charge on any atom is -1.00 e. The van der Waals surface area contributed by atoms with Crippen LogP contribution in [0.2, 0.25) is 0 Å². The van der Waals surface area contributed by atoms with Gasteiger partial charge < -0.3 is 6.41 Å². The Morgan fingerprint density at radius 1 is 1.08 bits per heavy atom. The summed E-state index contributed by atoms with van der Waals surface area (Å²) in [5.74, 6) is 0. The molecular formula is C9H8NNaO. The van der Waals surface area contributed by atoms with Gasteiger partial charge in [-0.05, 0) is 17.5 Å². The molecule has 0 unspecified atom stereocenters. The number of hydrogen-bond donors (Lipinski definition) is 1. The Kier molecular flexibility index (Phi) is 3.09. The number of pyridine rings is 1. The summed E-state index contributed by atoms with van der Waals surface area (Å²) in [6.45, 7) is 0. The Balaban J connectivity index is 0.000000720. The molecule has 0 fully saturated rings. The smallest absolute Gasteiger partial charge is 1.00 e. The summed E-state index contributed by atoms with van der Waals surface area (Å²) < 4.78 is 0. The predicted molar refractivity (Wildman–Crippen MR) is 45.7 cm³/mol. The average molecular weight is 169 g/mol. The second kappa shape index (κ2) is 3.90. The van der Waals surface area contributed by atoms with Crippen LogP contribution in [0.4, 0.5) is 0 Å². The maximum Gasteiger partial charge on any atom is 1.00 e. The first-order chi connectivity index (χ1) is 5.36. The molecule has 0 atom stereocenters. The second-order valence-electron chi connectivity index (χ2n) is 2.41. The van der Waals surface area contributed by atoms with Crippen molar-refractivity contribution in [2.24, 2.45) is 0 Å². The first-order valence-electron chi connectivity index (χ1n) is 3.44. The Bertz CT molecular complexity index is 441. The van der Waals surface area contributed by atoms with E-state index in [4.69, 9.17) is 0 Å². The van der Waals surface area contributed by atoms with E-state index in [1.165, 1.54) is 6.07 Å². The molecule has 0 aliphatic heterocycles. The largest absolute Gasteiger partial charge is 1.00 e. The van der Waals surface area contributed by atoms with Crippen molar-refractivity contribution in [1.82, 2.24) is 4.98 Å². The Labute approximate surface area is 93.4 Å². The van der Waals surface area contributed by atoms with Crippen molar-refractivity contribution < 1.29 is 31.0 Å². The first kappa shape index (κ1) is 9.52. The number of H-pyrrole nitrogens is 1. The molecule has 1 aromatic carbocycles. The summed E-state index contributed by atoms with van der Waals surface area (Å²) in [6, 6.07) is 11.0. The Hall–Kier alpha value is -0.570. The standard InChI is InChI=1S/C9H7NO.Na.H/c11-9-6-5-7-3-1-2-4-8(7)10-9;;/h1-6H,(H,10,11);;/q;+1;-1. The number of hydrogen-bond acceptors (Lipinski definition) is 1. The zero-order valence-corrected chi connectivity index (χ0v) is 8.87. The van der Waals surface area contributed by atoms with E-state index < -0.39 is 0 Å². The maximum atomic E-state index is 10.8. The normalized spacial score (nSPS) is 9.33. The summed E-state index contributed by atoms with van der Waals surface area (Å²) in [5.41, 5.74) is 0.837. The van der Waals surface area contributed by atoms with Crippen LogP contribution in [-0.2, 0) is 0 Å². The third-order valence-electron chi connectivity index (χ3n) is 1.63. The Morgan fingerprint density at radius 2 is 1.83 bits per heavy atom. The monoisotopic (exact) mass is 169 g/mol. The molecule has 0 saturated carbocycles. The molecule has 2 rings (SSSR count). The quantitative estimate of drug-likeness (QED) is 0.486. The minimum absolute atomic E-state index is 0. The SMILES string of the molecule is O=c1ccc2ccccc2[nH]1.[H-].[Na+]. The summed E-state index contributed by atoms with van der Waals surface area (Å²) in [6.07, 6.45) is 0. The van der Waals surface area contributed by atoms with Crippen molar-refractivity contribution in [3.63, 3.8) is 0 Å². The van der Waals surface area contributed by atoms with Crippen molar-refractivity contribution in [2.75, 3.05) is 0 Å². The molecule has 0 spiro atoms. The van der Waals surface area contributed by atoms with Crippen LogP contribution in [0.5, 0.6) is 0 Å². The van der Waals surface area contributed by atoms with Gasteiger partial charge in [0.1, 0.15) is 0 Å². The van der Waals surface area contributed by atoms with Crippen LogP contribution in [0, 0.1) is 0 Å². The third kappa shape index (κ3) is 1.78. The molecule has 3 heteroatoms. The fraction of sp³-hybridized carbons (Fsp3) is 0. The molecule has 12 heavy (non-hydrogen) atoms. The third-order valence-corrected chi connectivity index (χ3v) is 1.63. The summed E-state index contributed by atoms with van der Waals surface area (Å²) in [4.78, 5) is 13.6. The first-order valence-corrected chi connectivity index (χ1v) is 3.44. The number of aromatic amines is 1. The molecule has 1 aromatic heterocycles. The van der Waals surface area contributed by atoms with E-state index in [2.05, 4.69) is 4.98 Å². The zero-order chi connectivity index (χ0) is 7.68. The van der Waals surface area contributed by atoms with Crippen molar-refractivity contribution in [1.29, 1.82) is 0 Å². The number of fused-ring (bicyclic) bond motifs is 1. The molecule has 0 aliphatic rings. The van der Waals surface area contributed by atoms with Gasteiger partial charge >= 0.3 is 29.6 Å². The van der Waals surface area contributed by atoms with Crippen molar-refractivity contribution in [2.45, 2.75) is 0 Å². The van der Waals surface area contributed by atoms with Gasteiger partial charge in [0.25, 0.3) is 0 Å². The van der Waals surface area contributed by atoms with Gasteiger partial charge in [-0.2, -0.15) is 0 Å². The number of para-hydroxylation sites is 1. The molecule has 0 amide bonds. The molecule has 1 N–H and O–H groups in total. The van der Waals surface area contributed by atoms with Crippen LogP contribution < -0.4 is 35.1 Å². The molecule has 0 radical (unpaired) electrons. The second-order valence-corrected chi connectivity index (χ2v) is 2.41. The van der Waals surface area contributed by atoms with Gasteiger partial charge in [0.15, 0.2) is 0 Å². The van der Waals surface area contributed by atoms with Gasteiger partial charge in [-0.1, -0.05) is 18.2 Å². The van der Waals surface area contributed by atoms with E-state index in [0.29, 0.717) is 0 Å². The van der Waals surface area contributed by atoms with E-state index in [0.717, 1.165) is 10.9 Å². The van der Waals surface area contributed by atoms with Gasteiger partial charge in [0, 0.05) is 11.6 Å². The number of nitrogens with one attached hydrogen (secondary N) is 1. The van der Waals surface area contributed by atoms with Crippen LogP contribution >= 0.6 is 0 Å². The summed E-state index contributed by atoms with van der Waals surface area (Å²) in [7, 11) is 0. The van der Waals surface area contributed by atoms with Crippen LogP contribution in [-0.4, -0.2) is 4.98 Å². The van der Waals surface area contributed by atoms with Gasteiger partial charge in [0.05, 0.1) is 0 Å². The molecule has 0 saturated heterocycles. The topological polar surface area (TPSA) is 32.9 Å². The van der Waals surface area contributed by atoms with Gasteiger partial charge in [-0.15, -0.1) is 0 Å². The van der Waals surface area contributed by atoms with E-state index >= 15 is 0 Å². The van der Waals surface area contributed by atoms with Crippen LogP contribution in [0.25, 0.3) is 10.9 Å². The van der Waals surface area contributed by atoms with Gasteiger partial charge in [0.2, 0.25) is 5.56 Å². The van der Waals surface area contributed by atoms with Crippen molar-refractivity contribution in [3.8, 4) is 0 Å². The van der Waals surface area contributed by atoms with Crippen molar-refractivity contribution >= 4 is 10.9 Å². The van der Waals surface area contributed by atoms with E-state index in [1.54, 1.807) is 0 Å². The van der Waals surface area contributed by atoms with Crippen LogP contribution in [0.15, 0.2) is 41.2 Å². The predicted octanol–water partition coefficient (Wildman–Crippen LogP) is -1.36. The molecule has 1 heterocycles. The van der Waals surface area contributed by atoms with Crippen LogP contribution in [0.3, 0.4) is 0 Å². The van der Waals surface area contributed by atoms with Gasteiger partial charge in [-0.3, -0.25) is 4.79 Å². The average Bonchev–Trinajstić information content (AvgIpc) is 2.04. The number of aromatic nitrogens is 1. The zero-order valence-electron chi connectivity index (χ0n) is 7.87. The fourth-order valence-corrected chi connectivity index (χ4v) is 1.10. The molecule has 0 bridgehead atoms. The fourth-order valence-electron chi connectivity index (χ4n) is 1.10. The molecule has 0 aliphatic carbocycles.